The normalized spacial score (nSPS) is 18.4. The summed E-state index contributed by atoms with van der Waals surface area (Å²) < 4.78 is 6.01. The van der Waals surface area contributed by atoms with Crippen LogP contribution in [0.25, 0.3) is 0 Å². The summed E-state index contributed by atoms with van der Waals surface area (Å²) in [7, 11) is 0. The first-order valence-electron chi connectivity index (χ1n) is 4.70. The van der Waals surface area contributed by atoms with Crippen molar-refractivity contribution >= 4 is 33.4 Å². The van der Waals surface area contributed by atoms with Gasteiger partial charge in [-0.2, -0.15) is 0 Å². The summed E-state index contributed by atoms with van der Waals surface area (Å²) >= 11 is 3.19. The Morgan fingerprint density at radius 1 is 1.62 bits per heavy atom. The Morgan fingerprint density at radius 2 is 2.38 bits per heavy atom. The van der Waals surface area contributed by atoms with Gasteiger partial charge in [0, 0.05) is 0 Å². The van der Waals surface area contributed by atoms with Crippen LogP contribution in [0, 0.1) is 0 Å². The highest BCUT2D eigenvalue weighted by Gasteiger charge is 2.29. The smallest absolute Gasteiger partial charge is 0.267 e. The predicted molar refractivity (Wildman–Crippen MR) is 60.3 cm³/mol. The van der Waals surface area contributed by atoms with Gasteiger partial charge in [0.2, 0.25) is 0 Å². The zero-order valence-corrected chi connectivity index (χ0v) is 10.1. The third-order valence-corrected chi connectivity index (χ3v) is 2.54. The fraction of sp³-hybridized carbons (Fsp3) is 0.300. The average molecular weight is 285 g/mol. The van der Waals surface area contributed by atoms with Crippen molar-refractivity contribution in [2.45, 2.75) is 19.4 Å². The number of halogens is 1. The largest absolute Gasteiger partial charge is 0.476 e. The number of aromatic nitrogens is 1. The quantitative estimate of drug-likeness (QED) is 0.836. The molecule has 1 unspecified atom stereocenters. The lowest BCUT2D eigenvalue weighted by Crippen LogP contribution is -2.38. The molecule has 2 heterocycles. The summed E-state index contributed by atoms with van der Waals surface area (Å²) in [4.78, 5) is 26.6. The van der Waals surface area contributed by atoms with Crippen LogP contribution in [-0.4, -0.2) is 22.8 Å². The average Bonchev–Trinajstić information content (AvgIpc) is 2.19. The topological polar surface area (TPSA) is 68.3 Å². The van der Waals surface area contributed by atoms with E-state index in [2.05, 4.69) is 26.2 Å². The SMILES string of the molecule is CC(=O)CC1Oc2ccc(Br)nc2NC1=O. The summed E-state index contributed by atoms with van der Waals surface area (Å²) in [5, 5.41) is 2.60. The lowest BCUT2D eigenvalue weighted by atomic mass is 10.1. The van der Waals surface area contributed by atoms with Crippen LogP contribution in [0.2, 0.25) is 0 Å². The maximum Gasteiger partial charge on any atom is 0.267 e. The Bertz CT molecular complexity index is 461. The van der Waals surface area contributed by atoms with Crippen LogP contribution >= 0.6 is 15.9 Å². The molecule has 0 saturated heterocycles. The van der Waals surface area contributed by atoms with Gasteiger partial charge in [0.25, 0.3) is 5.91 Å². The predicted octanol–water partition coefficient (Wildman–Crippen LogP) is 1.52. The van der Waals surface area contributed by atoms with Crippen LogP contribution in [-0.2, 0) is 9.59 Å². The second-order valence-corrected chi connectivity index (χ2v) is 4.30. The van der Waals surface area contributed by atoms with Gasteiger partial charge in [-0.15, -0.1) is 0 Å². The van der Waals surface area contributed by atoms with E-state index in [1.165, 1.54) is 6.92 Å². The fourth-order valence-corrected chi connectivity index (χ4v) is 1.72. The Kier molecular flexibility index (Phi) is 2.91. The molecule has 1 aromatic heterocycles. The molecule has 16 heavy (non-hydrogen) atoms. The molecular weight excluding hydrogens is 276 g/mol. The van der Waals surface area contributed by atoms with Gasteiger partial charge in [0.15, 0.2) is 17.7 Å². The Morgan fingerprint density at radius 3 is 3.06 bits per heavy atom. The Hall–Kier alpha value is -1.43. The first-order chi connectivity index (χ1) is 7.56. The van der Waals surface area contributed by atoms with Crippen molar-refractivity contribution in [1.82, 2.24) is 4.98 Å². The summed E-state index contributed by atoms with van der Waals surface area (Å²) in [6.07, 6.45) is -0.686. The monoisotopic (exact) mass is 284 g/mol. The summed E-state index contributed by atoms with van der Waals surface area (Å²) in [6, 6.07) is 3.40. The van der Waals surface area contributed by atoms with Gasteiger partial charge in [0.1, 0.15) is 10.4 Å². The first-order valence-corrected chi connectivity index (χ1v) is 5.49. The standard InChI is InChI=1S/C10H9BrN2O3/c1-5(14)4-7-10(15)13-9-6(16-7)2-3-8(11)12-9/h2-3,7H,4H2,1H3,(H,12,13,15). The van der Waals surface area contributed by atoms with E-state index in [-0.39, 0.29) is 18.1 Å². The number of hydrogen-bond acceptors (Lipinski definition) is 4. The van der Waals surface area contributed by atoms with Crippen LogP contribution in [0.15, 0.2) is 16.7 Å². The van der Waals surface area contributed by atoms with Gasteiger partial charge in [-0.25, -0.2) is 4.98 Å². The summed E-state index contributed by atoms with van der Waals surface area (Å²) in [6.45, 7) is 1.42. The minimum absolute atomic E-state index is 0.0708. The summed E-state index contributed by atoms with van der Waals surface area (Å²) in [5.41, 5.74) is 0. The maximum atomic E-state index is 11.6. The van der Waals surface area contributed by atoms with Crippen molar-refractivity contribution in [3.63, 3.8) is 0 Å². The maximum absolute atomic E-state index is 11.6. The second-order valence-electron chi connectivity index (χ2n) is 3.48. The summed E-state index contributed by atoms with van der Waals surface area (Å²) in [5.74, 6) is 0.426. The molecule has 0 bridgehead atoms. The number of amides is 1. The zero-order valence-electron chi connectivity index (χ0n) is 8.49. The number of nitrogens with zero attached hydrogens (tertiary/aromatic N) is 1. The molecule has 0 radical (unpaired) electrons. The highest BCUT2D eigenvalue weighted by molar-refractivity contribution is 9.10. The van der Waals surface area contributed by atoms with E-state index in [4.69, 9.17) is 4.74 Å². The molecule has 84 valence electrons. The Balaban J connectivity index is 2.25. The van der Waals surface area contributed by atoms with E-state index < -0.39 is 6.10 Å². The molecule has 6 heteroatoms. The van der Waals surface area contributed by atoms with Crippen molar-refractivity contribution in [3.05, 3.63) is 16.7 Å². The molecule has 0 fully saturated rings. The number of anilines is 1. The number of Topliss-reactive ketones (excluding diaryl/α,β-unsaturated/α-hetero) is 1. The van der Waals surface area contributed by atoms with E-state index in [1.54, 1.807) is 12.1 Å². The molecule has 1 atom stereocenters. The van der Waals surface area contributed by atoms with E-state index in [0.717, 1.165) is 0 Å². The zero-order chi connectivity index (χ0) is 11.7. The number of nitrogens with one attached hydrogen (secondary N) is 1. The molecular formula is C10H9BrN2O3. The molecule has 0 aromatic carbocycles. The number of ketones is 1. The number of rotatable bonds is 2. The lowest BCUT2D eigenvalue weighted by Gasteiger charge is -2.24. The third-order valence-electron chi connectivity index (χ3n) is 2.10. The molecule has 0 spiro atoms. The molecule has 1 aliphatic rings. The number of carbonyl (C=O) groups excluding carboxylic acids is 2. The molecule has 1 amide bonds. The Labute approximate surface area is 100 Å². The third kappa shape index (κ3) is 2.21. The molecule has 2 rings (SSSR count). The van der Waals surface area contributed by atoms with Crippen LogP contribution in [0.3, 0.4) is 0 Å². The van der Waals surface area contributed by atoms with Crippen molar-refractivity contribution in [2.75, 3.05) is 5.32 Å². The highest BCUT2D eigenvalue weighted by Crippen LogP contribution is 2.29. The van der Waals surface area contributed by atoms with Gasteiger partial charge in [-0.3, -0.25) is 9.59 Å². The van der Waals surface area contributed by atoms with E-state index >= 15 is 0 Å². The van der Waals surface area contributed by atoms with Crippen molar-refractivity contribution < 1.29 is 14.3 Å². The van der Waals surface area contributed by atoms with E-state index in [0.29, 0.717) is 16.2 Å². The van der Waals surface area contributed by atoms with Crippen LogP contribution in [0.4, 0.5) is 5.82 Å². The van der Waals surface area contributed by atoms with Crippen LogP contribution in [0.1, 0.15) is 13.3 Å². The fourth-order valence-electron chi connectivity index (χ4n) is 1.41. The van der Waals surface area contributed by atoms with Crippen molar-refractivity contribution in [3.8, 4) is 5.75 Å². The number of ether oxygens (including phenoxy) is 1. The van der Waals surface area contributed by atoms with Gasteiger partial charge >= 0.3 is 0 Å². The lowest BCUT2D eigenvalue weighted by molar-refractivity contribution is -0.128. The number of fused-ring (bicyclic) bond motifs is 1. The van der Waals surface area contributed by atoms with Gasteiger partial charge in [0.05, 0.1) is 6.42 Å². The number of carbonyl (C=O) groups is 2. The van der Waals surface area contributed by atoms with Crippen molar-refractivity contribution in [2.24, 2.45) is 0 Å². The molecule has 5 nitrogen and oxygen atoms in total. The number of pyridine rings is 1. The molecule has 1 aromatic rings. The van der Waals surface area contributed by atoms with Gasteiger partial charge < -0.3 is 10.1 Å². The second kappa shape index (κ2) is 4.21. The van der Waals surface area contributed by atoms with Gasteiger partial charge in [-0.05, 0) is 35.0 Å². The molecule has 0 aliphatic carbocycles. The number of hydrogen-bond donors (Lipinski definition) is 1. The minimum Gasteiger partial charge on any atom is -0.476 e. The molecule has 1 aliphatic heterocycles. The molecule has 0 saturated carbocycles. The van der Waals surface area contributed by atoms with E-state index in [1.807, 2.05) is 0 Å². The minimum atomic E-state index is -0.757. The van der Waals surface area contributed by atoms with Crippen LogP contribution in [0.5, 0.6) is 5.75 Å². The van der Waals surface area contributed by atoms with Gasteiger partial charge in [-0.1, -0.05) is 0 Å². The highest BCUT2D eigenvalue weighted by atomic mass is 79.9. The van der Waals surface area contributed by atoms with Crippen LogP contribution < -0.4 is 10.1 Å². The van der Waals surface area contributed by atoms with E-state index in [9.17, 15) is 9.59 Å². The first kappa shape index (κ1) is 11.1. The van der Waals surface area contributed by atoms with Crippen molar-refractivity contribution in [1.29, 1.82) is 0 Å². The molecule has 1 N–H and O–H groups in total.